The number of hydrogen-bond donors (Lipinski definition) is 3. The van der Waals surface area contributed by atoms with Crippen LogP contribution in [0.5, 0.6) is 0 Å². The topological polar surface area (TPSA) is 108 Å². The van der Waals surface area contributed by atoms with E-state index in [9.17, 15) is 14.4 Å². The number of nitrogens with one attached hydrogen (secondary N) is 3. The van der Waals surface area contributed by atoms with Crippen LogP contribution in [0, 0.1) is 13.8 Å². The summed E-state index contributed by atoms with van der Waals surface area (Å²) < 4.78 is 0. The van der Waals surface area contributed by atoms with Crippen molar-refractivity contribution in [3.8, 4) is 0 Å². The summed E-state index contributed by atoms with van der Waals surface area (Å²) in [5, 5.41) is 8.11. The summed E-state index contributed by atoms with van der Waals surface area (Å²) in [6, 6.07) is 5.65. The number of aromatic nitrogens is 3. The Morgan fingerprint density at radius 1 is 1.32 bits per heavy atom. The van der Waals surface area contributed by atoms with Crippen molar-refractivity contribution in [2.45, 2.75) is 31.0 Å². The summed E-state index contributed by atoms with van der Waals surface area (Å²) in [5.74, 6) is -0.244. The van der Waals surface area contributed by atoms with Crippen molar-refractivity contribution in [1.82, 2.24) is 15.2 Å². The van der Waals surface area contributed by atoms with Crippen LogP contribution in [0.25, 0.3) is 0 Å². The number of nitrogens with zero attached hydrogens (tertiary/aromatic N) is 1. The van der Waals surface area contributed by atoms with E-state index in [4.69, 9.17) is 0 Å². The first-order valence-electron chi connectivity index (χ1n) is 6.61. The number of aromatic amines is 2. The van der Waals surface area contributed by atoms with Crippen molar-refractivity contribution < 1.29 is 4.79 Å². The second-order valence-electron chi connectivity index (χ2n) is 4.81. The minimum absolute atomic E-state index is 0.0446. The Morgan fingerprint density at radius 2 is 2.05 bits per heavy atom. The zero-order valence-electron chi connectivity index (χ0n) is 12.4. The van der Waals surface area contributed by atoms with E-state index >= 15 is 0 Å². The molecule has 1 unspecified atom stereocenters. The second kappa shape index (κ2) is 6.61. The van der Waals surface area contributed by atoms with Gasteiger partial charge in [0.2, 0.25) is 5.91 Å². The Labute approximate surface area is 130 Å². The highest BCUT2D eigenvalue weighted by Gasteiger charge is 2.18. The average molecular weight is 320 g/mol. The van der Waals surface area contributed by atoms with Gasteiger partial charge in [0.15, 0.2) is 5.03 Å². The molecule has 22 heavy (non-hydrogen) atoms. The van der Waals surface area contributed by atoms with Crippen molar-refractivity contribution in [3.63, 3.8) is 0 Å². The normalized spacial score (nSPS) is 12.0. The van der Waals surface area contributed by atoms with Crippen molar-refractivity contribution in [3.05, 3.63) is 50.2 Å². The van der Waals surface area contributed by atoms with E-state index in [0.29, 0.717) is 0 Å². The third kappa shape index (κ3) is 3.64. The SMILES string of the molecule is Cc1cccc(NC(=O)C(C)Sc2n[nH]c(=O)[nH]c2=O)c1C. The summed E-state index contributed by atoms with van der Waals surface area (Å²) in [6.07, 6.45) is 0. The van der Waals surface area contributed by atoms with E-state index in [1.165, 1.54) is 0 Å². The predicted octanol–water partition coefficient (Wildman–Crippen LogP) is 1.19. The van der Waals surface area contributed by atoms with Crippen molar-refractivity contribution in [1.29, 1.82) is 0 Å². The molecule has 0 aliphatic rings. The molecule has 116 valence electrons. The molecule has 1 aromatic carbocycles. The van der Waals surface area contributed by atoms with Gasteiger partial charge in [-0.15, -0.1) is 0 Å². The molecule has 0 aliphatic heterocycles. The highest BCUT2D eigenvalue weighted by atomic mass is 32.2. The zero-order chi connectivity index (χ0) is 16.3. The van der Waals surface area contributed by atoms with E-state index in [1.54, 1.807) is 6.92 Å². The van der Waals surface area contributed by atoms with Gasteiger partial charge in [-0.2, -0.15) is 5.10 Å². The molecule has 0 radical (unpaired) electrons. The largest absolute Gasteiger partial charge is 0.342 e. The molecule has 1 atom stereocenters. The van der Waals surface area contributed by atoms with Gasteiger partial charge in [0.05, 0.1) is 5.25 Å². The highest BCUT2D eigenvalue weighted by Crippen LogP contribution is 2.21. The fourth-order valence-electron chi connectivity index (χ4n) is 1.76. The summed E-state index contributed by atoms with van der Waals surface area (Å²) in [6.45, 7) is 5.56. The molecule has 2 aromatic rings. The number of carbonyl (C=O) groups is 1. The van der Waals surface area contributed by atoms with Crippen LogP contribution in [-0.4, -0.2) is 26.3 Å². The third-order valence-corrected chi connectivity index (χ3v) is 4.27. The number of thioether (sulfide) groups is 1. The molecular weight excluding hydrogens is 304 g/mol. The number of aryl methyl sites for hydroxylation is 1. The minimum atomic E-state index is -0.679. The molecule has 7 nitrogen and oxygen atoms in total. The maximum absolute atomic E-state index is 12.2. The van der Waals surface area contributed by atoms with Gasteiger partial charge in [-0.1, -0.05) is 23.9 Å². The van der Waals surface area contributed by atoms with Gasteiger partial charge in [-0.25, -0.2) is 9.89 Å². The van der Waals surface area contributed by atoms with Gasteiger partial charge in [-0.3, -0.25) is 14.6 Å². The van der Waals surface area contributed by atoms with Crippen LogP contribution >= 0.6 is 11.8 Å². The first kappa shape index (κ1) is 16.0. The zero-order valence-corrected chi connectivity index (χ0v) is 13.2. The Bertz CT molecular complexity index is 812. The van der Waals surface area contributed by atoms with Gasteiger partial charge >= 0.3 is 5.69 Å². The summed E-state index contributed by atoms with van der Waals surface area (Å²) >= 11 is 0.979. The van der Waals surface area contributed by atoms with Crippen molar-refractivity contribution in [2.24, 2.45) is 0 Å². The molecular formula is C14H16N4O3S. The molecule has 8 heteroatoms. The number of benzene rings is 1. The maximum atomic E-state index is 12.2. The number of hydrogen-bond acceptors (Lipinski definition) is 5. The number of rotatable bonds is 4. The maximum Gasteiger partial charge on any atom is 0.342 e. The fourth-order valence-corrected chi connectivity index (χ4v) is 2.52. The third-order valence-electron chi connectivity index (χ3n) is 3.20. The number of H-pyrrole nitrogens is 2. The van der Waals surface area contributed by atoms with E-state index in [1.807, 2.05) is 32.0 Å². The molecule has 0 saturated heterocycles. The average Bonchev–Trinajstić information content (AvgIpc) is 2.46. The van der Waals surface area contributed by atoms with E-state index in [-0.39, 0.29) is 10.9 Å². The van der Waals surface area contributed by atoms with E-state index < -0.39 is 16.5 Å². The van der Waals surface area contributed by atoms with E-state index in [0.717, 1.165) is 28.6 Å². The molecule has 0 fully saturated rings. The lowest BCUT2D eigenvalue weighted by Gasteiger charge is -2.13. The van der Waals surface area contributed by atoms with Crippen LogP contribution in [-0.2, 0) is 4.79 Å². The number of carbonyl (C=O) groups excluding carboxylic acids is 1. The standard InChI is InChI=1S/C14H16N4O3S/c1-7-5-4-6-10(8(7)2)15-11(19)9(3)22-13-12(20)16-14(21)18-17-13/h4-6,9H,1-3H3,(H,15,19)(H2,16,18,20,21). The molecule has 1 aromatic heterocycles. The first-order chi connectivity index (χ1) is 10.4. The molecule has 1 heterocycles. The number of anilines is 1. The fraction of sp³-hybridized carbons (Fsp3) is 0.286. The van der Waals surface area contributed by atoms with Crippen molar-refractivity contribution in [2.75, 3.05) is 5.32 Å². The highest BCUT2D eigenvalue weighted by molar-refractivity contribution is 8.00. The van der Waals surface area contributed by atoms with Crippen LogP contribution in [0.1, 0.15) is 18.1 Å². The van der Waals surface area contributed by atoms with Crippen LogP contribution in [0.15, 0.2) is 32.8 Å². The smallest absolute Gasteiger partial charge is 0.325 e. The Morgan fingerprint density at radius 3 is 2.73 bits per heavy atom. The first-order valence-corrected chi connectivity index (χ1v) is 7.49. The van der Waals surface area contributed by atoms with Gasteiger partial charge in [0.1, 0.15) is 0 Å². The number of amides is 1. The van der Waals surface area contributed by atoms with E-state index in [2.05, 4.69) is 20.5 Å². The summed E-state index contributed by atoms with van der Waals surface area (Å²) in [7, 11) is 0. The van der Waals surface area contributed by atoms with Crippen LogP contribution < -0.4 is 16.6 Å². The monoisotopic (exact) mass is 320 g/mol. The lowest BCUT2D eigenvalue weighted by molar-refractivity contribution is -0.115. The predicted molar refractivity (Wildman–Crippen MR) is 85.3 cm³/mol. The molecule has 0 aliphatic carbocycles. The van der Waals surface area contributed by atoms with Crippen LogP contribution in [0.4, 0.5) is 5.69 Å². The lowest BCUT2D eigenvalue weighted by atomic mass is 10.1. The second-order valence-corrected chi connectivity index (χ2v) is 6.14. The summed E-state index contributed by atoms with van der Waals surface area (Å²) in [5.41, 5.74) is 1.52. The summed E-state index contributed by atoms with van der Waals surface area (Å²) in [4.78, 5) is 36.8. The molecule has 2 rings (SSSR count). The van der Waals surface area contributed by atoms with Crippen LogP contribution in [0.2, 0.25) is 0 Å². The lowest BCUT2D eigenvalue weighted by Crippen LogP contribution is -2.28. The molecule has 0 bridgehead atoms. The van der Waals surface area contributed by atoms with Gasteiger partial charge in [0, 0.05) is 5.69 Å². The molecule has 3 N–H and O–H groups in total. The Hall–Kier alpha value is -2.35. The van der Waals surface area contributed by atoms with Crippen LogP contribution in [0.3, 0.4) is 0 Å². The quantitative estimate of drug-likeness (QED) is 0.734. The Balaban J connectivity index is 2.11. The van der Waals surface area contributed by atoms with Crippen molar-refractivity contribution >= 4 is 23.4 Å². The molecule has 1 amide bonds. The van der Waals surface area contributed by atoms with Gasteiger partial charge in [-0.05, 0) is 38.0 Å². The molecule has 0 spiro atoms. The molecule has 0 saturated carbocycles. The minimum Gasteiger partial charge on any atom is -0.325 e. The van der Waals surface area contributed by atoms with Gasteiger partial charge in [0.25, 0.3) is 5.56 Å². The Kier molecular flexibility index (Phi) is 4.81. The van der Waals surface area contributed by atoms with Gasteiger partial charge < -0.3 is 5.32 Å².